The largest absolute Gasteiger partial charge is 0.382 e. The highest BCUT2D eigenvalue weighted by atomic mass is 79.9. The third-order valence-corrected chi connectivity index (χ3v) is 4.59. The Morgan fingerprint density at radius 1 is 1.38 bits per heavy atom. The Morgan fingerprint density at radius 2 is 2.19 bits per heavy atom. The number of hydroxylamine groups is 1. The number of nitrogens with one attached hydrogen (secondary N) is 1. The van der Waals surface area contributed by atoms with E-state index in [1.165, 1.54) is 0 Å². The maximum Gasteiger partial charge on any atom is 0.152 e. The number of hydrogen-bond donors (Lipinski definition) is 2. The van der Waals surface area contributed by atoms with E-state index in [1.54, 1.807) is 0 Å². The molecular formula is C19H24BrN5O. The van der Waals surface area contributed by atoms with E-state index in [2.05, 4.69) is 50.5 Å². The minimum Gasteiger partial charge on any atom is -0.382 e. The fraction of sp³-hybridized carbons (Fsp3) is 0.368. The molecule has 0 saturated heterocycles. The summed E-state index contributed by atoms with van der Waals surface area (Å²) in [6, 6.07) is 6.08. The summed E-state index contributed by atoms with van der Waals surface area (Å²) in [5.74, 6) is 1.51. The second kappa shape index (κ2) is 8.05. The molecule has 3 rings (SSSR count). The summed E-state index contributed by atoms with van der Waals surface area (Å²) in [5, 5.41) is 1.06. The molecule has 0 spiro atoms. The van der Waals surface area contributed by atoms with Crippen molar-refractivity contribution in [1.29, 1.82) is 0 Å². The molecule has 6 nitrogen and oxygen atoms in total. The lowest BCUT2D eigenvalue weighted by molar-refractivity contribution is 0.0594. The first-order valence-electron chi connectivity index (χ1n) is 8.78. The fourth-order valence-corrected chi connectivity index (χ4v) is 3.40. The molecule has 0 fully saturated rings. The van der Waals surface area contributed by atoms with Gasteiger partial charge in [0.1, 0.15) is 11.3 Å². The summed E-state index contributed by atoms with van der Waals surface area (Å²) in [6.07, 6.45) is 2.77. The topological polar surface area (TPSA) is 78.0 Å². The summed E-state index contributed by atoms with van der Waals surface area (Å²) >= 11 is 3.51. The number of hydrogen-bond acceptors (Lipinski definition) is 5. The molecule has 2 aromatic heterocycles. The standard InChI is InChI=1S/C19H24BrN5O/c1-4-6-16-23-17-18(25(16)9-5-10-26-24-12(2)3)14-8-7-13(20)11-15(14)22-19(17)21/h7-8,11,24H,2,4-6,9-10H2,1,3H3,(H2,21,22). The van der Waals surface area contributed by atoms with Gasteiger partial charge in [-0.1, -0.05) is 29.4 Å². The van der Waals surface area contributed by atoms with Crippen LogP contribution in [0.25, 0.3) is 21.9 Å². The van der Waals surface area contributed by atoms with Crippen LogP contribution >= 0.6 is 15.9 Å². The SMILES string of the molecule is C=C(C)NOCCCn1c(CCC)nc2c(N)nc3cc(Br)ccc3c21. The highest BCUT2D eigenvalue weighted by Crippen LogP contribution is 2.31. The third-order valence-electron chi connectivity index (χ3n) is 4.09. The van der Waals surface area contributed by atoms with Crippen molar-refractivity contribution in [2.75, 3.05) is 12.3 Å². The number of nitrogen functional groups attached to an aromatic ring is 1. The van der Waals surface area contributed by atoms with E-state index in [4.69, 9.17) is 15.6 Å². The van der Waals surface area contributed by atoms with Crippen LogP contribution in [0, 0.1) is 0 Å². The molecule has 0 unspecified atom stereocenters. The van der Waals surface area contributed by atoms with Crippen molar-refractivity contribution < 1.29 is 4.84 Å². The van der Waals surface area contributed by atoms with Gasteiger partial charge in [-0.3, -0.25) is 10.3 Å². The summed E-state index contributed by atoms with van der Waals surface area (Å²) < 4.78 is 3.24. The summed E-state index contributed by atoms with van der Waals surface area (Å²) in [4.78, 5) is 14.7. The Bertz CT molecular complexity index is 950. The van der Waals surface area contributed by atoms with Gasteiger partial charge >= 0.3 is 0 Å². The normalized spacial score (nSPS) is 11.3. The lowest BCUT2D eigenvalue weighted by atomic mass is 10.2. The predicted molar refractivity (Wildman–Crippen MR) is 110 cm³/mol. The van der Waals surface area contributed by atoms with E-state index in [0.29, 0.717) is 12.4 Å². The number of fused-ring (bicyclic) bond motifs is 3. The maximum atomic E-state index is 6.21. The molecule has 0 atom stereocenters. The Labute approximate surface area is 161 Å². The van der Waals surface area contributed by atoms with E-state index in [9.17, 15) is 0 Å². The smallest absolute Gasteiger partial charge is 0.152 e. The lowest BCUT2D eigenvalue weighted by Crippen LogP contribution is -2.14. The quantitative estimate of drug-likeness (QED) is 0.421. The fourth-order valence-electron chi connectivity index (χ4n) is 3.06. The first-order valence-corrected chi connectivity index (χ1v) is 9.57. The molecule has 0 radical (unpaired) electrons. The van der Waals surface area contributed by atoms with E-state index in [0.717, 1.165) is 63.7 Å². The maximum absolute atomic E-state index is 6.21. The molecule has 0 saturated carbocycles. The number of nitrogens with zero attached hydrogens (tertiary/aromatic N) is 3. The number of halogens is 1. The monoisotopic (exact) mass is 417 g/mol. The van der Waals surface area contributed by atoms with Crippen molar-refractivity contribution >= 4 is 43.7 Å². The van der Waals surface area contributed by atoms with E-state index in [-0.39, 0.29) is 0 Å². The van der Waals surface area contributed by atoms with Crippen LogP contribution < -0.4 is 11.2 Å². The van der Waals surface area contributed by atoms with Gasteiger partial charge in [-0.05, 0) is 38.0 Å². The predicted octanol–water partition coefficient (Wildman–Crippen LogP) is 4.33. The van der Waals surface area contributed by atoms with Crippen molar-refractivity contribution in [3.63, 3.8) is 0 Å². The molecule has 3 aromatic rings. The molecular weight excluding hydrogens is 394 g/mol. The van der Waals surface area contributed by atoms with Crippen LogP contribution in [-0.4, -0.2) is 21.1 Å². The van der Waals surface area contributed by atoms with Crippen molar-refractivity contribution in [1.82, 2.24) is 20.0 Å². The van der Waals surface area contributed by atoms with Gasteiger partial charge in [0.15, 0.2) is 5.82 Å². The van der Waals surface area contributed by atoms with Gasteiger partial charge in [0.25, 0.3) is 0 Å². The Balaban J connectivity index is 2.01. The average molecular weight is 418 g/mol. The molecule has 26 heavy (non-hydrogen) atoms. The molecule has 0 aliphatic carbocycles. The molecule has 138 valence electrons. The van der Waals surface area contributed by atoms with E-state index < -0.39 is 0 Å². The summed E-state index contributed by atoms with van der Waals surface area (Å²) in [7, 11) is 0. The number of anilines is 1. The van der Waals surface area contributed by atoms with Crippen molar-refractivity contribution in [2.24, 2.45) is 0 Å². The Kier molecular flexibility index (Phi) is 5.78. The number of benzene rings is 1. The Morgan fingerprint density at radius 3 is 2.92 bits per heavy atom. The van der Waals surface area contributed by atoms with Gasteiger partial charge in [0.05, 0.1) is 17.6 Å². The lowest BCUT2D eigenvalue weighted by Gasteiger charge is -2.11. The number of allylic oxidation sites excluding steroid dienone is 1. The van der Waals surface area contributed by atoms with Crippen LogP contribution in [0.3, 0.4) is 0 Å². The molecule has 1 aromatic carbocycles. The molecule has 0 aliphatic rings. The van der Waals surface area contributed by atoms with Crippen LogP contribution in [0.15, 0.2) is 34.9 Å². The highest BCUT2D eigenvalue weighted by Gasteiger charge is 2.17. The number of rotatable bonds is 8. The number of nitrogens with two attached hydrogens (primary N) is 1. The molecule has 0 amide bonds. The summed E-state index contributed by atoms with van der Waals surface area (Å²) in [5.41, 5.74) is 12.5. The van der Waals surface area contributed by atoms with Crippen LogP contribution in [-0.2, 0) is 17.8 Å². The molecule has 2 heterocycles. The van der Waals surface area contributed by atoms with Gasteiger partial charge in [0, 0.05) is 28.5 Å². The number of aromatic nitrogens is 3. The Hall–Kier alpha value is -2.12. The number of pyridine rings is 1. The van der Waals surface area contributed by atoms with E-state index >= 15 is 0 Å². The van der Waals surface area contributed by atoms with Gasteiger partial charge in [-0.25, -0.2) is 9.97 Å². The minimum absolute atomic E-state index is 0.474. The van der Waals surface area contributed by atoms with Crippen molar-refractivity contribution in [2.45, 2.75) is 39.7 Å². The zero-order valence-electron chi connectivity index (χ0n) is 15.2. The number of imidazole rings is 1. The van der Waals surface area contributed by atoms with Gasteiger partial charge in [0.2, 0.25) is 0 Å². The van der Waals surface area contributed by atoms with Crippen molar-refractivity contribution in [3.8, 4) is 0 Å². The first-order chi connectivity index (χ1) is 12.5. The van der Waals surface area contributed by atoms with Crippen LogP contribution in [0.2, 0.25) is 0 Å². The molecule has 0 aliphatic heterocycles. The second-order valence-electron chi connectivity index (χ2n) is 6.37. The van der Waals surface area contributed by atoms with Gasteiger partial charge in [-0.15, -0.1) is 0 Å². The zero-order valence-corrected chi connectivity index (χ0v) is 16.8. The van der Waals surface area contributed by atoms with Gasteiger partial charge in [-0.2, -0.15) is 0 Å². The molecule has 7 heteroatoms. The van der Waals surface area contributed by atoms with Crippen LogP contribution in [0.1, 0.15) is 32.5 Å². The zero-order chi connectivity index (χ0) is 18.7. The number of aryl methyl sites for hydroxylation is 2. The third kappa shape index (κ3) is 3.83. The molecule has 0 bridgehead atoms. The summed E-state index contributed by atoms with van der Waals surface area (Å²) in [6.45, 7) is 9.16. The average Bonchev–Trinajstić information content (AvgIpc) is 2.94. The van der Waals surface area contributed by atoms with E-state index in [1.807, 2.05) is 19.1 Å². The van der Waals surface area contributed by atoms with Crippen molar-refractivity contribution in [3.05, 3.63) is 40.8 Å². The van der Waals surface area contributed by atoms with Crippen LogP contribution in [0.4, 0.5) is 5.82 Å². The molecule has 3 N–H and O–H groups in total. The second-order valence-corrected chi connectivity index (χ2v) is 7.29. The first kappa shape index (κ1) is 18.7. The minimum atomic E-state index is 0.474. The van der Waals surface area contributed by atoms with Crippen LogP contribution in [0.5, 0.6) is 0 Å². The van der Waals surface area contributed by atoms with Gasteiger partial charge < -0.3 is 10.3 Å². The highest BCUT2D eigenvalue weighted by molar-refractivity contribution is 9.10.